The Morgan fingerprint density at radius 3 is 3.00 bits per heavy atom. The fourth-order valence-electron chi connectivity index (χ4n) is 1.28. The molecular formula is C11H10N2O2S2. The van der Waals surface area contributed by atoms with Crippen LogP contribution in [-0.4, -0.2) is 26.8 Å². The molecule has 1 N–H and O–H groups in total. The van der Waals surface area contributed by atoms with E-state index in [-0.39, 0.29) is 5.75 Å². The molecular weight excluding hydrogens is 256 g/mol. The second kappa shape index (κ2) is 5.29. The predicted molar refractivity (Wildman–Crippen MR) is 68.4 cm³/mol. The summed E-state index contributed by atoms with van der Waals surface area (Å²) in [6, 6.07) is 5.84. The van der Waals surface area contributed by atoms with E-state index in [0.29, 0.717) is 5.16 Å². The fraction of sp³-hybridized carbons (Fsp3) is 0.182. The topological polar surface area (TPSA) is 63.1 Å². The molecule has 0 saturated carbocycles. The standard InChI is InChI=1S/C11H10N2O2S2/c1-7-5-8(9-3-2-4-16-9)13-11(12-7)17-6-10(14)15/h2-5H,6H2,1H3,(H,14,15). The quantitative estimate of drug-likeness (QED) is 0.681. The lowest BCUT2D eigenvalue weighted by Gasteiger charge is -2.02. The van der Waals surface area contributed by atoms with Gasteiger partial charge in [0.1, 0.15) is 0 Å². The number of aliphatic carboxylic acids is 1. The molecule has 88 valence electrons. The minimum Gasteiger partial charge on any atom is -0.481 e. The highest BCUT2D eigenvalue weighted by molar-refractivity contribution is 7.99. The summed E-state index contributed by atoms with van der Waals surface area (Å²) in [5.74, 6) is -0.884. The molecule has 0 spiro atoms. The van der Waals surface area contributed by atoms with Crippen LogP contribution in [0.3, 0.4) is 0 Å². The molecule has 4 nitrogen and oxygen atoms in total. The van der Waals surface area contributed by atoms with Gasteiger partial charge in [-0.3, -0.25) is 4.79 Å². The summed E-state index contributed by atoms with van der Waals surface area (Å²) in [7, 11) is 0. The maximum atomic E-state index is 10.5. The predicted octanol–water partition coefficient (Wildman–Crippen LogP) is 2.69. The van der Waals surface area contributed by atoms with Gasteiger partial charge < -0.3 is 5.11 Å². The van der Waals surface area contributed by atoms with Gasteiger partial charge in [0.2, 0.25) is 0 Å². The van der Waals surface area contributed by atoms with Gasteiger partial charge in [-0.15, -0.1) is 11.3 Å². The van der Waals surface area contributed by atoms with Crippen molar-refractivity contribution in [2.75, 3.05) is 5.75 Å². The molecule has 0 fully saturated rings. The van der Waals surface area contributed by atoms with Crippen LogP contribution < -0.4 is 0 Å². The molecule has 0 atom stereocenters. The van der Waals surface area contributed by atoms with Gasteiger partial charge in [-0.1, -0.05) is 17.8 Å². The van der Waals surface area contributed by atoms with Crippen molar-refractivity contribution >= 4 is 29.1 Å². The van der Waals surface area contributed by atoms with Gasteiger partial charge in [0.05, 0.1) is 16.3 Å². The largest absolute Gasteiger partial charge is 0.481 e. The van der Waals surface area contributed by atoms with E-state index in [0.717, 1.165) is 28.0 Å². The Balaban J connectivity index is 2.26. The number of hydrogen-bond acceptors (Lipinski definition) is 5. The van der Waals surface area contributed by atoms with Gasteiger partial charge in [-0.05, 0) is 24.4 Å². The smallest absolute Gasteiger partial charge is 0.313 e. The summed E-state index contributed by atoms with van der Waals surface area (Å²) >= 11 is 2.74. The molecule has 17 heavy (non-hydrogen) atoms. The molecule has 0 radical (unpaired) electrons. The molecule has 0 amide bonds. The monoisotopic (exact) mass is 266 g/mol. The number of nitrogens with zero attached hydrogens (tertiary/aromatic N) is 2. The van der Waals surface area contributed by atoms with Gasteiger partial charge in [0.25, 0.3) is 0 Å². The number of hydrogen-bond donors (Lipinski definition) is 1. The Kier molecular flexibility index (Phi) is 3.75. The van der Waals surface area contributed by atoms with Crippen LogP contribution in [0.5, 0.6) is 0 Å². The summed E-state index contributed by atoms with van der Waals surface area (Å²) < 4.78 is 0. The van der Waals surface area contributed by atoms with E-state index in [4.69, 9.17) is 5.11 Å². The number of carboxylic acid groups (broad SMARTS) is 1. The van der Waals surface area contributed by atoms with Crippen LogP contribution in [0.25, 0.3) is 10.6 Å². The number of carboxylic acids is 1. The fourth-order valence-corrected chi connectivity index (χ4v) is 2.59. The molecule has 0 saturated heterocycles. The highest BCUT2D eigenvalue weighted by Gasteiger charge is 2.07. The zero-order valence-corrected chi connectivity index (χ0v) is 10.7. The Bertz CT molecular complexity index is 526. The van der Waals surface area contributed by atoms with Crippen molar-refractivity contribution in [2.24, 2.45) is 0 Å². The summed E-state index contributed by atoms with van der Waals surface area (Å²) in [6.07, 6.45) is 0. The number of thioether (sulfide) groups is 1. The molecule has 0 aromatic carbocycles. The zero-order valence-electron chi connectivity index (χ0n) is 9.08. The third-order valence-electron chi connectivity index (χ3n) is 1.93. The van der Waals surface area contributed by atoms with E-state index >= 15 is 0 Å². The first-order valence-corrected chi connectivity index (χ1v) is 6.76. The van der Waals surface area contributed by atoms with Crippen LogP contribution in [0.15, 0.2) is 28.7 Å². The van der Waals surface area contributed by atoms with Gasteiger partial charge in [-0.2, -0.15) is 0 Å². The molecule has 0 aliphatic heterocycles. The normalized spacial score (nSPS) is 10.4. The first-order chi connectivity index (χ1) is 8.15. The van der Waals surface area contributed by atoms with E-state index < -0.39 is 5.97 Å². The summed E-state index contributed by atoms with van der Waals surface area (Å²) in [5, 5.41) is 11.1. The Morgan fingerprint density at radius 2 is 2.35 bits per heavy atom. The van der Waals surface area contributed by atoms with Gasteiger partial charge in [0.15, 0.2) is 5.16 Å². The van der Waals surface area contributed by atoms with Crippen LogP contribution >= 0.6 is 23.1 Å². The highest BCUT2D eigenvalue weighted by Crippen LogP contribution is 2.25. The number of carbonyl (C=O) groups is 1. The number of aromatic nitrogens is 2. The molecule has 2 aromatic rings. The first kappa shape index (κ1) is 12.1. The lowest BCUT2D eigenvalue weighted by Crippen LogP contribution is -2.00. The minimum absolute atomic E-state index is 0.0205. The van der Waals surface area contributed by atoms with Gasteiger partial charge in [0, 0.05) is 5.69 Å². The van der Waals surface area contributed by atoms with Crippen molar-refractivity contribution in [3.8, 4) is 10.6 Å². The molecule has 0 unspecified atom stereocenters. The second-order valence-corrected chi connectivity index (χ2v) is 5.23. The summed E-state index contributed by atoms with van der Waals surface area (Å²) in [4.78, 5) is 20.1. The van der Waals surface area contributed by atoms with Crippen molar-refractivity contribution < 1.29 is 9.90 Å². The van der Waals surface area contributed by atoms with Crippen LogP contribution in [0.2, 0.25) is 0 Å². The third kappa shape index (κ3) is 3.28. The Hall–Kier alpha value is -1.40. The maximum Gasteiger partial charge on any atom is 0.313 e. The molecule has 2 heterocycles. The van der Waals surface area contributed by atoms with Crippen molar-refractivity contribution in [1.82, 2.24) is 9.97 Å². The van der Waals surface area contributed by atoms with E-state index in [1.807, 2.05) is 30.5 Å². The maximum absolute atomic E-state index is 10.5. The first-order valence-electron chi connectivity index (χ1n) is 4.89. The summed E-state index contributed by atoms with van der Waals surface area (Å²) in [6.45, 7) is 1.88. The molecule has 0 bridgehead atoms. The van der Waals surface area contributed by atoms with E-state index in [2.05, 4.69) is 9.97 Å². The summed E-state index contributed by atoms with van der Waals surface area (Å²) in [5.41, 5.74) is 1.69. The number of aryl methyl sites for hydroxylation is 1. The molecule has 0 aliphatic rings. The average molecular weight is 266 g/mol. The minimum atomic E-state index is -0.863. The highest BCUT2D eigenvalue weighted by atomic mass is 32.2. The van der Waals surface area contributed by atoms with Crippen LogP contribution in [0.4, 0.5) is 0 Å². The van der Waals surface area contributed by atoms with Gasteiger partial charge >= 0.3 is 5.97 Å². The van der Waals surface area contributed by atoms with Crippen molar-refractivity contribution in [1.29, 1.82) is 0 Å². The van der Waals surface area contributed by atoms with E-state index in [1.165, 1.54) is 0 Å². The van der Waals surface area contributed by atoms with Crippen molar-refractivity contribution in [2.45, 2.75) is 12.1 Å². The van der Waals surface area contributed by atoms with Gasteiger partial charge in [-0.25, -0.2) is 9.97 Å². The van der Waals surface area contributed by atoms with Crippen molar-refractivity contribution in [3.05, 3.63) is 29.3 Å². The zero-order chi connectivity index (χ0) is 12.3. The Labute approximate surface area is 107 Å². The number of rotatable bonds is 4. The van der Waals surface area contributed by atoms with Crippen LogP contribution in [0.1, 0.15) is 5.69 Å². The van der Waals surface area contributed by atoms with E-state index in [1.54, 1.807) is 11.3 Å². The second-order valence-electron chi connectivity index (χ2n) is 3.34. The van der Waals surface area contributed by atoms with E-state index in [9.17, 15) is 4.79 Å². The lowest BCUT2D eigenvalue weighted by molar-refractivity contribution is -0.133. The molecule has 2 aromatic heterocycles. The number of thiophene rings is 1. The lowest BCUT2D eigenvalue weighted by atomic mass is 10.3. The molecule has 0 aliphatic carbocycles. The van der Waals surface area contributed by atoms with Crippen LogP contribution in [0, 0.1) is 6.92 Å². The third-order valence-corrected chi connectivity index (χ3v) is 3.66. The molecule has 2 rings (SSSR count). The van der Waals surface area contributed by atoms with Crippen molar-refractivity contribution in [3.63, 3.8) is 0 Å². The van der Waals surface area contributed by atoms with Crippen LogP contribution in [-0.2, 0) is 4.79 Å². The SMILES string of the molecule is Cc1cc(-c2cccs2)nc(SCC(=O)O)n1. The molecule has 6 heteroatoms. The Morgan fingerprint density at radius 1 is 1.53 bits per heavy atom. The average Bonchev–Trinajstić information content (AvgIpc) is 2.79.